The van der Waals surface area contributed by atoms with Gasteiger partial charge in [-0.1, -0.05) is 20.4 Å². The van der Waals surface area contributed by atoms with Crippen molar-refractivity contribution in [1.82, 2.24) is 0 Å². The predicted octanol–water partition coefficient (Wildman–Crippen LogP) is 2.85. The Morgan fingerprint density at radius 2 is 2.25 bits per heavy atom. The number of rotatable bonds is 3. The Hall–Kier alpha value is -1.59. The number of epoxide rings is 1. The van der Waals surface area contributed by atoms with Gasteiger partial charge in [0.15, 0.2) is 0 Å². The van der Waals surface area contributed by atoms with Crippen molar-refractivity contribution in [3.8, 4) is 0 Å². The molecule has 1 saturated carbocycles. The highest BCUT2D eigenvalue weighted by atomic mass is 16.6. The first-order valence-electron chi connectivity index (χ1n) is 8.59. The number of carbonyl (C=O) groups is 1. The second-order valence-corrected chi connectivity index (χ2v) is 7.74. The first kappa shape index (κ1) is 15.9. The van der Waals surface area contributed by atoms with Crippen LogP contribution in [-0.2, 0) is 20.7 Å². The van der Waals surface area contributed by atoms with E-state index in [-0.39, 0.29) is 22.7 Å². The van der Waals surface area contributed by atoms with Gasteiger partial charge >= 0.3 is 5.97 Å². The van der Waals surface area contributed by atoms with Crippen molar-refractivity contribution in [3.05, 3.63) is 35.3 Å². The minimum absolute atomic E-state index is 0.0673. The molecule has 24 heavy (non-hydrogen) atoms. The van der Waals surface area contributed by atoms with Crippen molar-refractivity contribution < 1.29 is 23.8 Å². The van der Waals surface area contributed by atoms with Gasteiger partial charge in [-0.15, -0.1) is 0 Å². The Bertz CT molecular complexity index is 719. The second-order valence-electron chi connectivity index (χ2n) is 7.74. The number of ether oxygens (including phenoxy) is 2. The highest BCUT2D eigenvalue weighted by molar-refractivity contribution is 5.88. The minimum Gasteiger partial charge on any atom is -0.469 e. The van der Waals surface area contributed by atoms with Crippen LogP contribution in [0, 0.1) is 18.3 Å². The lowest BCUT2D eigenvalue weighted by Crippen LogP contribution is -2.54. The summed E-state index contributed by atoms with van der Waals surface area (Å²) in [4.78, 5) is 12.4. The fourth-order valence-electron chi connectivity index (χ4n) is 4.90. The van der Waals surface area contributed by atoms with Crippen molar-refractivity contribution in [3.63, 3.8) is 0 Å². The van der Waals surface area contributed by atoms with Gasteiger partial charge < -0.3 is 19.0 Å². The van der Waals surface area contributed by atoms with Crippen molar-refractivity contribution in [2.45, 2.75) is 57.8 Å². The molecule has 130 valence electrons. The normalized spacial score (nSPS) is 39.4. The first-order chi connectivity index (χ1) is 11.3. The van der Waals surface area contributed by atoms with Crippen LogP contribution < -0.4 is 0 Å². The maximum absolute atomic E-state index is 12.4. The topological polar surface area (TPSA) is 72.2 Å². The molecule has 5 atom stereocenters. The molecule has 1 saturated heterocycles. The van der Waals surface area contributed by atoms with Crippen LogP contribution in [0.3, 0.4) is 0 Å². The number of aliphatic hydroxyl groups is 1. The van der Waals surface area contributed by atoms with Crippen LogP contribution in [0.25, 0.3) is 0 Å². The van der Waals surface area contributed by atoms with Crippen LogP contribution in [0.15, 0.2) is 22.8 Å². The average Bonchev–Trinajstić information content (AvgIpc) is 3.17. The third-order valence-electron chi connectivity index (χ3n) is 6.65. The summed E-state index contributed by atoms with van der Waals surface area (Å²) in [6, 6.07) is 0. The molecule has 1 aliphatic heterocycles. The van der Waals surface area contributed by atoms with Crippen molar-refractivity contribution in [2.75, 3.05) is 6.61 Å². The zero-order valence-corrected chi connectivity index (χ0v) is 14.4. The molecule has 0 unspecified atom stereocenters. The van der Waals surface area contributed by atoms with Crippen molar-refractivity contribution in [2.24, 2.45) is 11.3 Å². The van der Waals surface area contributed by atoms with E-state index in [1.807, 2.05) is 6.92 Å². The molecule has 0 radical (unpaired) electrons. The van der Waals surface area contributed by atoms with Crippen LogP contribution in [0.4, 0.5) is 0 Å². The number of hydrogen-bond donors (Lipinski definition) is 1. The summed E-state index contributed by atoms with van der Waals surface area (Å²) in [5, 5.41) is 9.21. The van der Waals surface area contributed by atoms with Crippen molar-refractivity contribution >= 4 is 5.97 Å². The lowest BCUT2D eigenvalue weighted by molar-refractivity contribution is -0.164. The van der Waals surface area contributed by atoms with Crippen molar-refractivity contribution in [1.29, 1.82) is 0 Å². The predicted molar refractivity (Wildman–Crippen MR) is 86.3 cm³/mol. The fourth-order valence-corrected chi connectivity index (χ4v) is 4.90. The third-order valence-corrected chi connectivity index (χ3v) is 6.65. The smallest absolute Gasteiger partial charge is 0.336 e. The van der Waals surface area contributed by atoms with E-state index in [1.54, 1.807) is 6.26 Å². The maximum Gasteiger partial charge on any atom is 0.336 e. The number of esters is 1. The van der Waals surface area contributed by atoms with E-state index >= 15 is 0 Å². The van der Waals surface area contributed by atoms with Crippen LogP contribution in [-0.4, -0.2) is 29.4 Å². The summed E-state index contributed by atoms with van der Waals surface area (Å²) in [6.07, 6.45) is 4.30. The van der Waals surface area contributed by atoms with Gasteiger partial charge in [0.1, 0.15) is 17.5 Å². The number of aryl methyl sites for hydroxylation is 1. The molecule has 2 fully saturated rings. The molecule has 0 amide bonds. The molecule has 1 aromatic heterocycles. The molecule has 4 rings (SSSR count). The van der Waals surface area contributed by atoms with E-state index in [0.29, 0.717) is 5.92 Å². The second kappa shape index (κ2) is 4.96. The minimum atomic E-state index is -0.553. The number of furan rings is 1. The molecule has 2 aliphatic carbocycles. The van der Waals surface area contributed by atoms with Crippen LogP contribution in [0.5, 0.6) is 0 Å². The maximum atomic E-state index is 12.4. The summed E-state index contributed by atoms with van der Waals surface area (Å²) in [7, 11) is 0. The number of carbonyl (C=O) groups excluding carboxylic acids is 1. The summed E-state index contributed by atoms with van der Waals surface area (Å²) >= 11 is 0. The molecule has 0 bridgehead atoms. The van der Waals surface area contributed by atoms with E-state index in [1.165, 1.54) is 0 Å². The van der Waals surface area contributed by atoms with Gasteiger partial charge in [0, 0.05) is 17.4 Å². The van der Waals surface area contributed by atoms with Gasteiger partial charge in [0.2, 0.25) is 0 Å². The van der Waals surface area contributed by atoms with Gasteiger partial charge in [0.25, 0.3) is 0 Å². The molecule has 0 aromatic carbocycles. The Balaban J connectivity index is 1.82. The van der Waals surface area contributed by atoms with Gasteiger partial charge in [0.05, 0.1) is 24.5 Å². The molecule has 1 aromatic rings. The van der Waals surface area contributed by atoms with E-state index in [9.17, 15) is 9.90 Å². The highest BCUT2D eigenvalue weighted by Gasteiger charge is 2.75. The summed E-state index contributed by atoms with van der Waals surface area (Å²) in [5.41, 5.74) is 1.39. The van der Waals surface area contributed by atoms with Gasteiger partial charge in [-0.05, 0) is 31.2 Å². The van der Waals surface area contributed by atoms with E-state index in [4.69, 9.17) is 13.9 Å². The van der Waals surface area contributed by atoms with E-state index in [0.717, 1.165) is 36.1 Å². The quantitative estimate of drug-likeness (QED) is 0.523. The fraction of sp³-hybridized carbons (Fsp3) is 0.632. The Labute approximate surface area is 141 Å². The Morgan fingerprint density at radius 1 is 1.50 bits per heavy atom. The molecule has 1 spiro atoms. The van der Waals surface area contributed by atoms with Gasteiger partial charge in [-0.2, -0.15) is 0 Å². The van der Waals surface area contributed by atoms with Crippen LogP contribution in [0.1, 0.15) is 49.7 Å². The standard InChI is InChI=1S/C19H24O5/c1-10(8-20)17(21)23-16-15-11(2)9-22-13(15)7-19-14(24-19)6-5-12(3)18(16,19)4/h9,12,14,16,20H,1,5-8H2,2-4H3/t12-,14+,16-,18-,19+/m0/s1. The zero-order chi connectivity index (χ0) is 17.3. The van der Waals surface area contributed by atoms with Crippen LogP contribution >= 0.6 is 0 Å². The largest absolute Gasteiger partial charge is 0.469 e. The zero-order valence-electron chi connectivity index (χ0n) is 14.4. The number of hydrogen-bond acceptors (Lipinski definition) is 5. The molecule has 3 aliphatic rings. The molecule has 2 heterocycles. The van der Waals surface area contributed by atoms with Gasteiger partial charge in [-0.25, -0.2) is 4.79 Å². The highest BCUT2D eigenvalue weighted by Crippen LogP contribution is 2.69. The third kappa shape index (κ3) is 1.80. The lowest BCUT2D eigenvalue weighted by atomic mass is 9.53. The van der Waals surface area contributed by atoms with E-state index in [2.05, 4.69) is 20.4 Å². The number of aliphatic hydroxyl groups excluding tert-OH is 1. The Kier molecular flexibility index (Phi) is 3.29. The van der Waals surface area contributed by atoms with E-state index < -0.39 is 18.7 Å². The first-order valence-corrected chi connectivity index (χ1v) is 8.59. The summed E-state index contributed by atoms with van der Waals surface area (Å²) in [5.74, 6) is 0.648. The SMILES string of the molecule is C=C(CO)C(=O)O[C@H]1c2c(C)coc2C[C@@]23O[C@@H]2CC[C@H](C)[C@@]13C. The monoisotopic (exact) mass is 332 g/mol. The number of fused-ring (bicyclic) bond motifs is 1. The average molecular weight is 332 g/mol. The molecular weight excluding hydrogens is 308 g/mol. The van der Waals surface area contributed by atoms with Gasteiger partial charge in [-0.3, -0.25) is 0 Å². The summed E-state index contributed by atoms with van der Waals surface area (Å²) in [6.45, 7) is 9.55. The summed E-state index contributed by atoms with van der Waals surface area (Å²) < 4.78 is 17.9. The van der Waals surface area contributed by atoms with Crippen LogP contribution in [0.2, 0.25) is 0 Å². The molecular formula is C19H24O5. The Morgan fingerprint density at radius 3 is 2.96 bits per heavy atom. The molecule has 5 nitrogen and oxygen atoms in total. The molecule has 1 N–H and O–H groups in total. The molecule has 5 heteroatoms. The lowest BCUT2D eigenvalue weighted by Gasteiger charge is -2.50.